The van der Waals surface area contributed by atoms with Crippen LogP contribution in [-0.4, -0.2) is 43.6 Å². The van der Waals surface area contributed by atoms with Crippen molar-refractivity contribution < 1.29 is 9.53 Å². The van der Waals surface area contributed by atoms with Crippen molar-refractivity contribution in [2.75, 3.05) is 38.4 Å². The minimum absolute atomic E-state index is 0.0284. The van der Waals surface area contributed by atoms with Gasteiger partial charge >= 0.3 is 0 Å². The highest BCUT2D eigenvalue weighted by Gasteiger charge is 2.10. The molecule has 7 heteroatoms. The first kappa shape index (κ1) is 13.0. The number of hydrogen-bond donors (Lipinski definition) is 3. The molecule has 7 nitrogen and oxygen atoms in total. The van der Waals surface area contributed by atoms with Crippen LogP contribution in [0.1, 0.15) is 6.42 Å². The Morgan fingerprint density at radius 2 is 2.06 bits per heavy atom. The van der Waals surface area contributed by atoms with E-state index in [4.69, 9.17) is 4.74 Å². The maximum absolute atomic E-state index is 11.1. The third-order valence-corrected chi connectivity index (χ3v) is 2.17. The number of carbonyl (C=O) groups excluding carboxylic acids is 1. The molecule has 0 radical (unpaired) electrons. The van der Waals surface area contributed by atoms with Gasteiger partial charge in [0.25, 0.3) is 0 Å². The number of nitrogens with one attached hydrogen (secondary N) is 3. The van der Waals surface area contributed by atoms with E-state index in [1.807, 2.05) is 0 Å². The van der Waals surface area contributed by atoms with E-state index in [0.29, 0.717) is 30.4 Å². The summed E-state index contributed by atoms with van der Waals surface area (Å²) < 4.78 is 5.20. The van der Waals surface area contributed by atoms with Gasteiger partial charge in [-0.25, -0.2) is 9.97 Å². The normalized spacial score (nSPS) is 9.59. The van der Waals surface area contributed by atoms with E-state index in [9.17, 15) is 4.79 Å². The molecular formula is C10H17N5O2. The van der Waals surface area contributed by atoms with E-state index in [0.717, 1.165) is 0 Å². The van der Waals surface area contributed by atoms with Gasteiger partial charge in [0.1, 0.15) is 6.33 Å². The molecule has 0 unspecified atom stereocenters. The first-order valence-corrected chi connectivity index (χ1v) is 5.24. The summed E-state index contributed by atoms with van der Waals surface area (Å²) in [4.78, 5) is 19.1. The van der Waals surface area contributed by atoms with Crippen LogP contribution in [0.2, 0.25) is 0 Å². The third-order valence-electron chi connectivity index (χ3n) is 2.17. The van der Waals surface area contributed by atoms with Crippen LogP contribution in [0.15, 0.2) is 6.33 Å². The second-order valence-electron chi connectivity index (χ2n) is 3.20. The number of hydrogen-bond acceptors (Lipinski definition) is 6. The first-order chi connectivity index (χ1) is 8.22. The van der Waals surface area contributed by atoms with Crippen molar-refractivity contribution in [2.45, 2.75) is 6.42 Å². The molecular weight excluding hydrogens is 222 g/mol. The fourth-order valence-corrected chi connectivity index (χ4v) is 1.29. The summed E-state index contributed by atoms with van der Waals surface area (Å²) in [7, 11) is 4.90. The van der Waals surface area contributed by atoms with E-state index >= 15 is 0 Å². The average Bonchev–Trinajstić information content (AvgIpc) is 2.37. The van der Waals surface area contributed by atoms with Crippen molar-refractivity contribution in [1.82, 2.24) is 15.3 Å². The molecule has 0 saturated heterocycles. The van der Waals surface area contributed by atoms with Crippen LogP contribution < -0.4 is 20.7 Å². The van der Waals surface area contributed by atoms with Gasteiger partial charge in [-0.2, -0.15) is 0 Å². The summed E-state index contributed by atoms with van der Waals surface area (Å²) in [6.45, 7) is 0.482. The zero-order chi connectivity index (χ0) is 12.7. The van der Waals surface area contributed by atoms with Crippen LogP contribution in [0.5, 0.6) is 5.75 Å². The van der Waals surface area contributed by atoms with E-state index < -0.39 is 0 Å². The Morgan fingerprint density at radius 1 is 1.35 bits per heavy atom. The van der Waals surface area contributed by atoms with Gasteiger partial charge in [0.15, 0.2) is 11.6 Å². The number of rotatable bonds is 6. The highest BCUT2D eigenvalue weighted by Crippen LogP contribution is 2.28. The number of anilines is 2. The van der Waals surface area contributed by atoms with Crippen LogP contribution in [0.4, 0.5) is 11.6 Å². The Hall–Kier alpha value is -2.05. The lowest BCUT2D eigenvalue weighted by Crippen LogP contribution is -2.21. The number of ether oxygens (including phenoxy) is 1. The molecule has 1 aromatic heterocycles. The lowest BCUT2D eigenvalue weighted by atomic mass is 10.4. The number of methoxy groups -OCH3 is 1. The quantitative estimate of drug-likeness (QED) is 0.651. The standard InChI is InChI=1S/C10H17N5O2/c1-11-7(16)4-5-13-10-8(17-3)9(12-2)14-6-15-10/h6H,4-5H2,1-3H3,(H,11,16)(H2,12,13,14,15). The summed E-state index contributed by atoms with van der Waals surface area (Å²) in [6, 6.07) is 0. The molecule has 0 spiro atoms. The Kier molecular flexibility index (Phi) is 4.99. The Morgan fingerprint density at radius 3 is 2.65 bits per heavy atom. The van der Waals surface area contributed by atoms with Gasteiger partial charge in [-0.15, -0.1) is 0 Å². The van der Waals surface area contributed by atoms with Crippen molar-refractivity contribution in [2.24, 2.45) is 0 Å². The zero-order valence-corrected chi connectivity index (χ0v) is 10.2. The molecule has 3 N–H and O–H groups in total. The summed E-state index contributed by atoms with van der Waals surface area (Å²) in [5.74, 6) is 1.67. The fraction of sp³-hybridized carbons (Fsp3) is 0.500. The Balaban J connectivity index is 2.67. The molecule has 1 amide bonds. The minimum Gasteiger partial charge on any atom is -0.490 e. The van der Waals surface area contributed by atoms with Crippen LogP contribution in [0, 0.1) is 0 Å². The smallest absolute Gasteiger partial charge is 0.221 e. The van der Waals surface area contributed by atoms with Crippen molar-refractivity contribution in [1.29, 1.82) is 0 Å². The molecule has 1 aromatic rings. The van der Waals surface area contributed by atoms with Crippen molar-refractivity contribution in [3.05, 3.63) is 6.33 Å². The maximum atomic E-state index is 11.1. The fourth-order valence-electron chi connectivity index (χ4n) is 1.29. The molecule has 1 rings (SSSR count). The second-order valence-corrected chi connectivity index (χ2v) is 3.20. The molecule has 0 bridgehead atoms. The van der Waals surface area contributed by atoms with Gasteiger partial charge in [-0.1, -0.05) is 0 Å². The summed E-state index contributed by atoms with van der Waals surface area (Å²) in [5.41, 5.74) is 0. The van der Waals surface area contributed by atoms with Gasteiger partial charge in [0.2, 0.25) is 11.7 Å². The van der Waals surface area contributed by atoms with Gasteiger partial charge in [-0.05, 0) is 0 Å². The van der Waals surface area contributed by atoms with Gasteiger partial charge in [0.05, 0.1) is 7.11 Å². The monoisotopic (exact) mass is 239 g/mol. The number of carbonyl (C=O) groups is 1. The molecule has 0 atom stereocenters. The predicted octanol–water partition coefficient (Wildman–Crippen LogP) is 0.0749. The first-order valence-electron chi connectivity index (χ1n) is 5.24. The number of aromatic nitrogens is 2. The Bertz CT molecular complexity index is 383. The summed E-state index contributed by atoms with van der Waals surface area (Å²) in [5, 5.41) is 8.48. The predicted molar refractivity (Wildman–Crippen MR) is 65.3 cm³/mol. The lowest BCUT2D eigenvalue weighted by Gasteiger charge is -2.12. The van der Waals surface area contributed by atoms with Crippen molar-refractivity contribution >= 4 is 17.5 Å². The Labute approximate surface area is 100.0 Å². The zero-order valence-electron chi connectivity index (χ0n) is 10.2. The molecule has 0 saturated carbocycles. The molecule has 0 aliphatic carbocycles. The van der Waals surface area contributed by atoms with Crippen molar-refractivity contribution in [3.63, 3.8) is 0 Å². The van der Waals surface area contributed by atoms with E-state index in [-0.39, 0.29) is 5.91 Å². The van der Waals surface area contributed by atoms with Gasteiger partial charge in [-0.3, -0.25) is 4.79 Å². The third kappa shape index (κ3) is 3.47. The number of amides is 1. The van der Waals surface area contributed by atoms with Crippen LogP contribution in [0.25, 0.3) is 0 Å². The van der Waals surface area contributed by atoms with Crippen LogP contribution in [-0.2, 0) is 4.79 Å². The molecule has 0 aliphatic heterocycles. The highest BCUT2D eigenvalue weighted by atomic mass is 16.5. The molecule has 94 valence electrons. The average molecular weight is 239 g/mol. The lowest BCUT2D eigenvalue weighted by molar-refractivity contribution is -0.120. The second kappa shape index (κ2) is 6.51. The van der Waals surface area contributed by atoms with Gasteiger partial charge < -0.3 is 20.7 Å². The van der Waals surface area contributed by atoms with Crippen molar-refractivity contribution in [3.8, 4) is 5.75 Å². The van der Waals surface area contributed by atoms with Gasteiger partial charge in [0, 0.05) is 27.1 Å². The largest absolute Gasteiger partial charge is 0.490 e. The molecule has 0 aliphatic rings. The van der Waals surface area contributed by atoms with E-state index in [1.54, 1.807) is 21.2 Å². The SMILES string of the molecule is CNC(=O)CCNc1ncnc(NC)c1OC. The van der Waals surface area contributed by atoms with E-state index in [2.05, 4.69) is 25.9 Å². The molecule has 1 heterocycles. The number of nitrogens with zero attached hydrogens (tertiary/aromatic N) is 2. The van der Waals surface area contributed by atoms with Crippen LogP contribution in [0.3, 0.4) is 0 Å². The van der Waals surface area contributed by atoms with Crippen LogP contribution >= 0.6 is 0 Å². The summed E-state index contributed by atoms with van der Waals surface area (Å²) in [6.07, 6.45) is 1.80. The topological polar surface area (TPSA) is 88.2 Å². The summed E-state index contributed by atoms with van der Waals surface area (Å²) >= 11 is 0. The maximum Gasteiger partial charge on any atom is 0.221 e. The molecule has 17 heavy (non-hydrogen) atoms. The van der Waals surface area contributed by atoms with E-state index in [1.165, 1.54) is 6.33 Å². The minimum atomic E-state index is -0.0284. The highest BCUT2D eigenvalue weighted by molar-refractivity contribution is 5.76. The molecule has 0 aromatic carbocycles. The molecule has 0 fully saturated rings.